The molecule has 0 unspecified atom stereocenters. The van der Waals surface area contributed by atoms with Crippen LogP contribution in [-0.4, -0.2) is 18.6 Å². The van der Waals surface area contributed by atoms with Gasteiger partial charge in [0, 0.05) is 30.9 Å². The fourth-order valence-electron chi connectivity index (χ4n) is 1.03. The van der Waals surface area contributed by atoms with Crippen LogP contribution in [0.1, 0.15) is 13.3 Å². The number of ether oxygens (including phenoxy) is 1. The summed E-state index contributed by atoms with van der Waals surface area (Å²) in [6, 6.07) is 3.77. The SMILES string of the molecule is CC#CCCNc1ccnc(OC)c1. The average molecular weight is 190 g/mol. The lowest BCUT2D eigenvalue weighted by Crippen LogP contribution is -2.00. The molecule has 3 nitrogen and oxygen atoms in total. The molecule has 0 radical (unpaired) electrons. The van der Waals surface area contributed by atoms with Gasteiger partial charge in [-0.3, -0.25) is 0 Å². The lowest BCUT2D eigenvalue weighted by molar-refractivity contribution is 0.398. The van der Waals surface area contributed by atoms with E-state index in [2.05, 4.69) is 22.1 Å². The second kappa shape index (κ2) is 5.87. The lowest BCUT2D eigenvalue weighted by atomic mass is 10.3. The molecule has 3 heteroatoms. The largest absolute Gasteiger partial charge is 0.481 e. The molecule has 0 atom stereocenters. The van der Waals surface area contributed by atoms with Crippen LogP contribution in [0, 0.1) is 11.8 Å². The van der Waals surface area contributed by atoms with Gasteiger partial charge in [-0.25, -0.2) is 4.98 Å². The van der Waals surface area contributed by atoms with Crippen molar-refractivity contribution < 1.29 is 4.74 Å². The molecule has 74 valence electrons. The van der Waals surface area contributed by atoms with Gasteiger partial charge < -0.3 is 10.1 Å². The normalized spacial score (nSPS) is 8.71. The standard InChI is InChI=1S/C11H14N2O/c1-3-4-5-7-12-10-6-8-13-11(9-10)14-2/h6,8-9H,5,7H2,1-2H3,(H,12,13). The van der Waals surface area contributed by atoms with Crippen molar-refractivity contribution >= 4 is 5.69 Å². The molecule has 0 saturated carbocycles. The third kappa shape index (κ3) is 3.36. The monoisotopic (exact) mass is 190 g/mol. The summed E-state index contributed by atoms with van der Waals surface area (Å²) >= 11 is 0. The van der Waals surface area contributed by atoms with Gasteiger partial charge in [0.25, 0.3) is 0 Å². The van der Waals surface area contributed by atoms with E-state index < -0.39 is 0 Å². The first-order chi connectivity index (χ1) is 6.86. The minimum atomic E-state index is 0.622. The molecular weight excluding hydrogens is 176 g/mol. The highest BCUT2D eigenvalue weighted by Gasteiger charge is 1.94. The third-order valence-corrected chi connectivity index (χ3v) is 1.70. The minimum Gasteiger partial charge on any atom is -0.481 e. The van der Waals surface area contributed by atoms with Crippen molar-refractivity contribution in [1.82, 2.24) is 4.98 Å². The maximum Gasteiger partial charge on any atom is 0.214 e. The quantitative estimate of drug-likeness (QED) is 0.581. The van der Waals surface area contributed by atoms with Gasteiger partial charge in [0.1, 0.15) is 0 Å². The molecule has 1 heterocycles. The van der Waals surface area contributed by atoms with Crippen molar-refractivity contribution in [1.29, 1.82) is 0 Å². The summed E-state index contributed by atoms with van der Waals surface area (Å²) < 4.78 is 5.00. The van der Waals surface area contributed by atoms with E-state index in [9.17, 15) is 0 Å². The molecule has 1 aromatic heterocycles. The summed E-state index contributed by atoms with van der Waals surface area (Å²) in [6.45, 7) is 2.68. The van der Waals surface area contributed by atoms with Crippen molar-refractivity contribution in [2.75, 3.05) is 19.0 Å². The van der Waals surface area contributed by atoms with Gasteiger partial charge in [0.2, 0.25) is 5.88 Å². The van der Waals surface area contributed by atoms with E-state index in [1.165, 1.54) is 0 Å². The van der Waals surface area contributed by atoms with Gasteiger partial charge >= 0.3 is 0 Å². The first kappa shape index (κ1) is 10.4. The maximum absolute atomic E-state index is 5.00. The van der Waals surface area contributed by atoms with E-state index in [0.29, 0.717) is 5.88 Å². The van der Waals surface area contributed by atoms with Crippen LogP contribution in [0.2, 0.25) is 0 Å². The molecule has 0 aliphatic rings. The first-order valence-electron chi connectivity index (χ1n) is 4.50. The number of methoxy groups -OCH3 is 1. The molecule has 1 aromatic rings. The van der Waals surface area contributed by atoms with Crippen molar-refractivity contribution in [2.24, 2.45) is 0 Å². The van der Waals surface area contributed by atoms with E-state index in [4.69, 9.17) is 4.74 Å². The topological polar surface area (TPSA) is 34.2 Å². The number of pyridine rings is 1. The zero-order valence-electron chi connectivity index (χ0n) is 8.50. The molecular formula is C11H14N2O. The number of nitrogens with one attached hydrogen (secondary N) is 1. The molecule has 14 heavy (non-hydrogen) atoms. The highest BCUT2D eigenvalue weighted by molar-refractivity contribution is 5.44. The molecule has 0 spiro atoms. The first-order valence-corrected chi connectivity index (χ1v) is 4.50. The number of nitrogens with zero attached hydrogens (tertiary/aromatic N) is 1. The second-order valence-electron chi connectivity index (χ2n) is 2.69. The molecule has 0 bridgehead atoms. The van der Waals surface area contributed by atoms with Crippen LogP contribution in [0.5, 0.6) is 5.88 Å². The highest BCUT2D eigenvalue weighted by atomic mass is 16.5. The van der Waals surface area contributed by atoms with Crippen molar-refractivity contribution in [3.8, 4) is 17.7 Å². The molecule has 0 fully saturated rings. The Kier molecular flexibility index (Phi) is 4.36. The van der Waals surface area contributed by atoms with Gasteiger partial charge in [-0.05, 0) is 13.0 Å². The Morgan fingerprint density at radius 1 is 1.57 bits per heavy atom. The van der Waals surface area contributed by atoms with Crippen LogP contribution >= 0.6 is 0 Å². The molecule has 1 rings (SSSR count). The van der Waals surface area contributed by atoms with E-state index >= 15 is 0 Å². The van der Waals surface area contributed by atoms with Gasteiger partial charge in [-0.2, -0.15) is 0 Å². The van der Waals surface area contributed by atoms with Crippen molar-refractivity contribution in [3.05, 3.63) is 18.3 Å². The molecule has 0 amide bonds. The highest BCUT2D eigenvalue weighted by Crippen LogP contribution is 2.12. The Bertz CT molecular complexity index is 339. The Balaban J connectivity index is 2.44. The van der Waals surface area contributed by atoms with Crippen LogP contribution in [0.25, 0.3) is 0 Å². The number of hydrogen-bond acceptors (Lipinski definition) is 3. The number of hydrogen-bond donors (Lipinski definition) is 1. The Morgan fingerprint density at radius 2 is 2.43 bits per heavy atom. The summed E-state index contributed by atoms with van der Waals surface area (Å²) in [5.74, 6) is 6.46. The zero-order chi connectivity index (χ0) is 10.2. The van der Waals surface area contributed by atoms with Gasteiger partial charge in [-0.15, -0.1) is 11.8 Å². The second-order valence-corrected chi connectivity index (χ2v) is 2.69. The minimum absolute atomic E-state index is 0.622. The predicted molar refractivity (Wildman–Crippen MR) is 57.3 cm³/mol. The zero-order valence-corrected chi connectivity index (χ0v) is 8.50. The summed E-state index contributed by atoms with van der Waals surface area (Å²) in [5.41, 5.74) is 1.01. The number of aromatic nitrogens is 1. The summed E-state index contributed by atoms with van der Waals surface area (Å²) in [5, 5.41) is 3.23. The molecule has 0 aromatic carbocycles. The summed E-state index contributed by atoms with van der Waals surface area (Å²) in [6.07, 6.45) is 2.56. The van der Waals surface area contributed by atoms with Crippen molar-refractivity contribution in [2.45, 2.75) is 13.3 Å². The van der Waals surface area contributed by atoms with E-state index in [0.717, 1.165) is 18.7 Å². The molecule has 0 aliphatic heterocycles. The van der Waals surface area contributed by atoms with Crippen LogP contribution in [0.3, 0.4) is 0 Å². The van der Waals surface area contributed by atoms with Crippen LogP contribution in [-0.2, 0) is 0 Å². The van der Waals surface area contributed by atoms with Crippen LogP contribution in [0.4, 0.5) is 5.69 Å². The Labute approximate surface area is 84.5 Å². The third-order valence-electron chi connectivity index (χ3n) is 1.70. The van der Waals surface area contributed by atoms with Gasteiger partial charge in [0.05, 0.1) is 7.11 Å². The van der Waals surface area contributed by atoms with E-state index in [1.54, 1.807) is 13.3 Å². The Hall–Kier alpha value is -1.69. The van der Waals surface area contributed by atoms with Crippen LogP contribution < -0.4 is 10.1 Å². The predicted octanol–water partition coefficient (Wildman–Crippen LogP) is 1.92. The number of rotatable bonds is 4. The van der Waals surface area contributed by atoms with Crippen molar-refractivity contribution in [3.63, 3.8) is 0 Å². The number of anilines is 1. The fourth-order valence-corrected chi connectivity index (χ4v) is 1.03. The smallest absolute Gasteiger partial charge is 0.214 e. The lowest BCUT2D eigenvalue weighted by Gasteiger charge is -2.04. The fraction of sp³-hybridized carbons (Fsp3) is 0.364. The molecule has 0 saturated heterocycles. The van der Waals surface area contributed by atoms with Crippen LogP contribution in [0.15, 0.2) is 18.3 Å². The van der Waals surface area contributed by atoms with E-state index in [1.807, 2.05) is 19.1 Å². The molecule has 0 aliphatic carbocycles. The van der Waals surface area contributed by atoms with Gasteiger partial charge in [-0.1, -0.05) is 0 Å². The van der Waals surface area contributed by atoms with E-state index in [-0.39, 0.29) is 0 Å². The van der Waals surface area contributed by atoms with Gasteiger partial charge in [0.15, 0.2) is 0 Å². The summed E-state index contributed by atoms with van der Waals surface area (Å²) in [7, 11) is 1.61. The Morgan fingerprint density at radius 3 is 3.14 bits per heavy atom. The molecule has 1 N–H and O–H groups in total. The maximum atomic E-state index is 5.00. The average Bonchev–Trinajstić information content (AvgIpc) is 2.25. The summed E-state index contributed by atoms with van der Waals surface area (Å²) in [4.78, 5) is 4.01.